The van der Waals surface area contributed by atoms with Gasteiger partial charge in [0.25, 0.3) is 0 Å². The van der Waals surface area contributed by atoms with Gasteiger partial charge in [0.1, 0.15) is 0 Å². The van der Waals surface area contributed by atoms with Crippen LogP contribution in [0.4, 0.5) is 0 Å². The highest BCUT2D eigenvalue weighted by Crippen LogP contribution is 2.59. The van der Waals surface area contributed by atoms with Crippen LogP contribution in [0, 0.1) is 17.3 Å². The van der Waals surface area contributed by atoms with Gasteiger partial charge in [-0.15, -0.1) is 0 Å². The highest BCUT2D eigenvalue weighted by molar-refractivity contribution is 5.82. The van der Waals surface area contributed by atoms with E-state index in [0.717, 1.165) is 58.4 Å². The Balaban J connectivity index is 1.52. The van der Waals surface area contributed by atoms with Crippen molar-refractivity contribution in [3.8, 4) is 0 Å². The maximum atomic E-state index is 12.7. The predicted octanol–water partition coefficient (Wildman–Crippen LogP) is 1.91. The molecule has 3 fully saturated rings. The molecule has 0 aromatic carbocycles. The molecule has 1 spiro atoms. The molecule has 2 atom stereocenters. The van der Waals surface area contributed by atoms with E-state index in [1.54, 1.807) is 0 Å². The summed E-state index contributed by atoms with van der Waals surface area (Å²) < 4.78 is 5.41. The summed E-state index contributed by atoms with van der Waals surface area (Å²) in [7, 11) is 0. The molecule has 0 aromatic rings. The van der Waals surface area contributed by atoms with E-state index >= 15 is 0 Å². The third-order valence-corrected chi connectivity index (χ3v) is 5.57. The molecular formula is C16H25NO4. The maximum Gasteiger partial charge on any atom is 0.303 e. The highest BCUT2D eigenvalue weighted by Gasteiger charge is 2.59. The largest absolute Gasteiger partial charge is 0.481 e. The van der Waals surface area contributed by atoms with E-state index in [-0.39, 0.29) is 17.8 Å². The van der Waals surface area contributed by atoms with Crippen molar-refractivity contribution in [1.29, 1.82) is 0 Å². The molecule has 3 rings (SSSR count). The van der Waals surface area contributed by atoms with Gasteiger partial charge in [-0.05, 0) is 49.9 Å². The zero-order valence-electron chi connectivity index (χ0n) is 12.6. The number of piperidine rings is 1. The van der Waals surface area contributed by atoms with Gasteiger partial charge in [-0.25, -0.2) is 0 Å². The summed E-state index contributed by atoms with van der Waals surface area (Å²) in [6, 6.07) is 0. The van der Waals surface area contributed by atoms with Crippen LogP contribution in [-0.2, 0) is 14.3 Å². The van der Waals surface area contributed by atoms with Gasteiger partial charge in [0.05, 0.1) is 0 Å². The number of hydrogen-bond acceptors (Lipinski definition) is 3. The number of nitrogens with zero attached hydrogens (tertiary/aromatic N) is 1. The molecule has 5 nitrogen and oxygen atoms in total. The summed E-state index contributed by atoms with van der Waals surface area (Å²) in [5, 5.41) is 8.79. The first-order valence-corrected chi connectivity index (χ1v) is 8.19. The summed E-state index contributed by atoms with van der Waals surface area (Å²) in [5.41, 5.74) is 0.239. The number of amides is 1. The molecule has 0 aromatic heterocycles. The maximum absolute atomic E-state index is 12.7. The number of carboxylic acids is 1. The van der Waals surface area contributed by atoms with Crippen LogP contribution in [0.25, 0.3) is 0 Å². The van der Waals surface area contributed by atoms with Crippen LogP contribution in [0.1, 0.15) is 44.9 Å². The molecule has 118 valence electrons. The topological polar surface area (TPSA) is 66.8 Å². The number of carbonyl (C=O) groups excluding carboxylic acids is 1. The smallest absolute Gasteiger partial charge is 0.303 e. The van der Waals surface area contributed by atoms with Crippen molar-refractivity contribution in [3.63, 3.8) is 0 Å². The average Bonchev–Trinajstić information content (AvgIpc) is 3.18. The summed E-state index contributed by atoms with van der Waals surface area (Å²) in [5.74, 6) is 0.154. The van der Waals surface area contributed by atoms with Crippen LogP contribution in [0.3, 0.4) is 0 Å². The quantitative estimate of drug-likeness (QED) is 0.860. The molecule has 2 heterocycles. The van der Waals surface area contributed by atoms with Gasteiger partial charge in [-0.2, -0.15) is 0 Å². The lowest BCUT2D eigenvalue weighted by atomic mass is 9.91. The highest BCUT2D eigenvalue weighted by atomic mass is 16.5. The van der Waals surface area contributed by atoms with Crippen molar-refractivity contribution in [1.82, 2.24) is 4.90 Å². The Kier molecular flexibility index (Phi) is 4.20. The van der Waals surface area contributed by atoms with Gasteiger partial charge in [-0.3, -0.25) is 9.59 Å². The fourth-order valence-corrected chi connectivity index (χ4v) is 4.08. The van der Waals surface area contributed by atoms with Crippen molar-refractivity contribution in [2.75, 3.05) is 26.3 Å². The summed E-state index contributed by atoms with van der Waals surface area (Å²) in [6.07, 6.45) is 6.07. The zero-order chi connectivity index (χ0) is 14.9. The molecule has 3 aliphatic rings. The lowest BCUT2D eigenvalue weighted by molar-refractivity contribution is -0.137. The monoisotopic (exact) mass is 295 g/mol. The molecule has 2 aliphatic heterocycles. The molecule has 0 radical (unpaired) electrons. The van der Waals surface area contributed by atoms with E-state index in [4.69, 9.17) is 9.84 Å². The lowest BCUT2D eigenvalue weighted by Gasteiger charge is -2.34. The second-order valence-electron chi connectivity index (χ2n) is 6.96. The molecule has 1 aliphatic carbocycles. The SMILES string of the molecule is O=C(O)CC[C@@H]1CCCN(C(=O)[C@@H]2CC23CCOCC3)C1. The van der Waals surface area contributed by atoms with E-state index in [1.165, 1.54) is 0 Å². The Morgan fingerprint density at radius 1 is 1.29 bits per heavy atom. The Bertz CT molecular complexity index is 417. The van der Waals surface area contributed by atoms with Gasteiger partial charge < -0.3 is 14.7 Å². The Morgan fingerprint density at radius 3 is 2.76 bits per heavy atom. The van der Waals surface area contributed by atoms with Crippen LogP contribution in [0.2, 0.25) is 0 Å². The van der Waals surface area contributed by atoms with Crippen LogP contribution < -0.4 is 0 Å². The molecule has 1 amide bonds. The normalized spacial score (nSPS) is 31.1. The van der Waals surface area contributed by atoms with Crippen LogP contribution in [0.15, 0.2) is 0 Å². The van der Waals surface area contributed by atoms with Gasteiger partial charge >= 0.3 is 5.97 Å². The molecule has 21 heavy (non-hydrogen) atoms. The van der Waals surface area contributed by atoms with Crippen molar-refractivity contribution >= 4 is 11.9 Å². The van der Waals surface area contributed by atoms with E-state index in [2.05, 4.69) is 0 Å². The van der Waals surface area contributed by atoms with Gasteiger partial charge in [0, 0.05) is 38.6 Å². The second kappa shape index (κ2) is 5.95. The first-order valence-electron chi connectivity index (χ1n) is 8.19. The number of likely N-dealkylation sites (tertiary alicyclic amines) is 1. The Labute approximate surface area is 125 Å². The van der Waals surface area contributed by atoms with Crippen molar-refractivity contribution < 1.29 is 19.4 Å². The summed E-state index contributed by atoms with van der Waals surface area (Å²) in [4.78, 5) is 25.4. The molecule has 0 unspecified atom stereocenters. The van der Waals surface area contributed by atoms with Gasteiger partial charge in [0.15, 0.2) is 0 Å². The second-order valence-corrected chi connectivity index (χ2v) is 6.96. The number of hydrogen-bond donors (Lipinski definition) is 1. The number of ether oxygens (including phenoxy) is 1. The van der Waals surface area contributed by atoms with Crippen LogP contribution in [-0.4, -0.2) is 48.2 Å². The molecule has 0 bridgehead atoms. The van der Waals surface area contributed by atoms with Gasteiger partial charge in [0.2, 0.25) is 5.91 Å². The minimum Gasteiger partial charge on any atom is -0.481 e. The third kappa shape index (κ3) is 3.23. The first kappa shape index (κ1) is 14.8. The Hall–Kier alpha value is -1.10. The summed E-state index contributed by atoms with van der Waals surface area (Å²) in [6.45, 7) is 3.21. The minimum atomic E-state index is -0.734. The Morgan fingerprint density at radius 2 is 2.05 bits per heavy atom. The third-order valence-electron chi connectivity index (χ3n) is 5.57. The molecule has 5 heteroatoms. The van der Waals surface area contributed by atoms with E-state index in [9.17, 15) is 9.59 Å². The average molecular weight is 295 g/mol. The fraction of sp³-hybridized carbons (Fsp3) is 0.875. The molecule has 1 N–H and O–H groups in total. The number of carbonyl (C=O) groups is 2. The number of carboxylic acid groups (broad SMARTS) is 1. The van der Waals surface area contributed by atoms with Crippen molar-refractivity contribution in [3.05, 3.63) is 0 Å². The molecule has 2 saturated heterocycles. The van der Waals surface area contributed by atoms with E-state index in [0.29, 0.717) is 18.2 Å². The van der Waals surface area contributed by atoms with Gasteiger partial charge in [-0.1, -0.05) is 0 Å². The standard InChI is InChI=1S/C16H25NO4/c18-14(19)4-3-12-2-1-7-17(11-12)15(20)13-10-16(13)5-8-21-9-6-16/h12-13H,1-11H2,(H,18,19)/t12-,13-/m0/s1. The molecule has 1 saturated carbocycles. The number of aliphatic carboxylic acids is 1. The van der Waals surface area contributed by atoms with Crippen molar-refractivity contribution in [2.45, 2.75) is 44.9 Å². The van der Waals surface area contributed by atoms with Crippen LogP contribution >= 0.6 is 0 Å². The lowest BCUT2D eigenvalue weighted by Crippen LogP contribution is -2.42. The number of rotatable bonds is 4. The zero-order valence-corrected chi connectivity index (χ0v) is 12.6. The summed E-state index contributed by atoms with van der Waals surface area (Å²) >= 11 is 0. The van der Waals surface area contributed by atoms with E-state index in [1.807, 2.05) is 4.90 Å². The first-order chi connectivity index (χ1) is 10.1. The van der Waals surface area contributed by atoms with Crippen molar-refractivity contribution in [2.24, 2.45) is 17.3 Å². The van der Waals surface area contributed by atoms with Crippen LogP contribution in [0.5, 0.6) is 0 Å². The fourth-order valence-electron chi connectivity index (χ4n) is 4.08. The minimum absolute atomic E-state index is 0.208. The van der Waals surface area contributed by atoms with E-state index < -0.39 is 5.97 Å². The molecular weight excluding hydrogens is 270 g/mol. The predicted molar refractivity (Wildman–Crippen MR) is 76.8 cm³/mol.